The number of rotatable bonds is 6. The zero-order chi connectivity index (χ0) is 30.7. The molecule has 44 heavy (non-hydrogen) atoms. The van der Waals surface area contributed by atoms with E-state index in [1.165, 1.54) is 10.7 Å². The van der Waals surface area contributed by atoms with Gasteiger partial charge in [0.25, 0.3) is 5.56 Å². The van der Waals surface area contributed by atoms with Crippen LogP contribution in [0.3, 0.4) is 0 Å². The second kappa shape index (κ2) is 12.5. The van der Waals surface area contributed by atoms with E-state index in [-0.39, 0.29) is 23.8 Å². The maximum atomic E-state index is 12.6. The first-order valence-corrected chi connectivity index (χ1v) is 14.9. The van der Waals surface area contributed by atoms with Crippen LogP contribution in [0.25, 0.3) is 22.4 Å². The van der Waals surface area contributed by atoms with Gasteiger partial charge in [-0.2, -0.15) is 10.2 Å². The number of hydrogen-bond donors (Lipinski definition) is 0. The Morgan fingerprint density at radius 2 is 1.80 bits per heavy atom. The predicted octanol–water partition coefficient (Wildman–Crippen LogP) is 3.44. The number of nitrogens with zero attached hydrogens (tertiary/aromatic N) is 9. The van der Waals surface area contributed by atoms with Gasteiger partial charge in [0.2, 0.25) is 5.95 Å². The van der Waals surface area contributed by atoms with Crippen molar-refractivity contribution in [1.29, 1.82) is 0 Å². The summed E-state index contributed by atoms with van der Waals surface area (Å²) in [5.74, 6) is 0.605. The van der Waals surface area contributed by atoms with Crippen LogP contribution in [0.1, 0.15) is 39.7 Å². The van der Waals surface area contributed by atoms with Gasteiger partial charge >= 0.3 is 6.09 Å². The Labute approximate surface area is 255 Å². The molecule has 1 amide bonds. The van der Waals surface area contributed by atoms with Crippen molar-refractivity contribution in [3.05, 3.63) is 71.8 Å². The molecule has 6 heterocycles. The molecule has 230 valence electrons. The fraction of sp³-hybridized carbons (Fsp3) is 0.452. The molecule has 0 aromatic carbocycles. The lowest BCUT2D eigenvalue weighted by molar-refractivity contribution is 0.0184. The smallest absolute Gasteiger partial charge is 0.410 e. The summed E-state index contributed by atoms with van der Waals surface area (Å²) < 4.78 is 14.9. The van der Waals surface area contributed by atoms with E-state index in [4.69, 9.17) is 9.47 Å². The van der Waals surface area contributed by atoms with Crippen LogP contribution in [-0.4, -0.2) is 90.0 Å². The molecule has 1 atom stereocenters. The average Bonchev–Trinajstić information content (AvgIpc) is 3.53. The van der Waals surface area contributed by atoms with Crippen LogP contribution in [-0.2, 0) is 16.0 Å². The van der Waals surface area contributed by atoms with Gasteiger partial charge < -0.3 is 19.3 Å². The lowest BCUT2D eigenvalue weighted by atomic mass is 10.1. The van der Waals surface area contributed by atoms with Crippen molar-refractivity contribution >= 4 is 12.0 Å². The summed E-state index contributed by atoms with van der Waals surface area (Å²) in [7, 11) is 0. The number of ether oxygens (including phenoxy) is 2. The van der Waals surface area contributed by atoms with Crippen LogP contribution in [0.4, 0.5) is 10.7 Å². The molecule has 0 aliphatic carbocycles. The molecular weight excluding hydrogens is 562 g/mol. The van der Waals surface area contributed by atoms with E-state index in [0.29, 0.717) is 51.0 Å². The Morgan fingerprint density at radius 3 is 2.52 bits per heavy atom. The standard InChI is InChI=1S/C31H37N9O4/c1-31(2,3)44-30(42)37-11-8-25(9-12-37)39-19-24(18-35-39)23-16-33-29(34-17-23)38-13-14-43-26(20-38)21-40-28(41)7-6-27(36-40)22-5-4-10-32-15-22/h4-7,10,15-19,25-26H,8-9,11-14,20-21H2,1-3H3/t26-/m0/s1. The monoisotopic (exact) mass is 599 g/mol. The van der Waals surface area contributed by atoms with Crippen molar-refractivity contribution < 1.29 is 14.3 Å². The number of anilines is 1. The van der Waals surface area contributed by atoms with Gasteiger partial charge in [-0.15, -0.1) is 0 Å². The van der Waals surface area contributed by atoms with Crippen molar-refractivity contribution in [1.82, 2.24) is 39.4 Å². The number of hydrogen-bond acceptors (Lipinski definition) is 10. The summed E-state index contributed by atoms with van der Waals surface area (Å²) in [4.78, 5) is 42.2. The number of pyridine rings is 1. The number of carbonyl (C=O) groups is 1. The quantitative estimate of drug-likeness (QED) is 0.325. The van der Waals surface area contributed by atoms with Crippen LogP contribution in [0, 0.1) is 0 Å². The summed E-state index contributed by atoms with van der Waals surface area (Å²) >= 11 is 0. The zero-order valence-corrected chi connectivity index (χ0v) is 25.2. The number of morpholine rings is 1. The van der Waals surface area contributed by atoms with Gasteiger partial charge in [0, 0.05) is 79.9 Å². The molecule has 2 fully saturated rings. The second-order valence-electron chi connectivity index (χ2n) is 12.1. The van der Waals surface area contributed by atoms with Crippen LogP contribution in [0.2, 0.25) is 0 Å². The first-order valence-electron chi connectivity index (χ1n) is 14.9. The molecule has 2 aliphatic heterocycles. The fourth-order valence-corrected chi connectivity index (χ4v) is 5.41. The molecule has 4 aromatic heterocycles. The molecule has 13 heteroatoms. The lowest BCUT2D eigenvalue weighted by Crippen LogP contribution is -2.46. The molecule has 0 spiro atoms. The van der Waals surface area contributed by atoms with Gasteiger partial charge in [0.1, 0.15) is 5.60 Å². The summed E-state index contributed by atoms with van der Waals surface area (Å²) in [6.45, 7) is 8.89. The molecule has 4 aromatic rings. The predicted molar refractivity (Wildman–Crippen MR) is 163 cm³/mol. The number of amides is 1. The van der Waals surface area contributed by atoms with E-state index >= 15 is 0 Å². The zero-order valence-electron chi connectivity index (χ0n) is 25.2. The number of likely N-dealkylation sites (tertiary alicyclic amines) is 1. The molecule has 2 saturated heterocycles. The van der Waals surface area contributed by atoms with Crippen molar-refractivity contribution in [2.24, 2.45) is 0 Å². The van der Waals surface area contributed by atoms with Gasteiger partial charge in [0.15, 0.2) is 0 Å². The van der Waals surface area contributed by atoms with E-state index < -0.39 is 5.60 Å². The van der Waals surface area contributed by atoms with Gasteiger partial charge in [-0.25, -0.2) is 19.4 Å². The molecule has 0 radical (unpaired) electrons. The second-order valence-corrected chi connectivity index (χ2v) is 12.1. The Hall–Kier alpha value is -4.65. The third-order valence-corrected chi connectivity index (χ3v) is 7.69. The van der Waals surface area contributed by atoms with Crippen molar-refractivity contribution in [2.45, 2.75) is 57.9 Å². The lowest BCUT2D eigenvalue weighted by Gasteiger charge is -2.33. The summed E-state index contributed by atoms with van der Waals surface area (Å²) in [6, 6.07) is 7.18. The SMILES string of the molecule is CC(C)(C)OC(=O)N1CCC(n2cc(-c3cnc(N4CCO[C@H](Cn5nc(-c6cccnc6)ccc5=O)C4)nc3)cn2)CC1. The largest absolute Gasteiger partial charge is 0.444 e. The van der Waals surface area contributed by atoms with E-state index in [9.17, 15) is 9.59 Å². The first kappa shape index (κ1) is 29.4. The highest BCUT2D eigenvalue weighted by Crippen LogP contribution is 2.26. The highest BCUT2D eigenvalue weighted by molar-refractivity contribution is 5.68. The number of piperidine rings is 1. The summed E-state index contributed by atoms with van der Waals surface area (Å²) in [5, 5.41) is 9.15. The molecule has 0 bridgehead atoms. The normalized spacial score (nSPS) is 17.9. The van der Waals surface area contributed by atoms with Crippen molar-refractivity contribution in [2.75, 3.05) is 37.7 Å². The number of carbonyl (C=O) groups excluding carboxylic acids is 1. The first-order chi connectivity index (χ1) is 21.2. The molecule has 2 aliphatic rings. The Balaban J connectivity index is 1.06. The van der Waals surface area contributed by atoms with Crippen LogP contribution in [0.15, 0.2) is 66.2 Å². The topological polar surface area (TPSA) is 133 Å². The molecule has 6 rings (SSSR count). The Morgan fingerprint density at radius 1 is 1.00 bits per heavy atom. The molecule has 13 nitrogen and oxygen atoms in total. The molecular formula is C31H37N9O4. The molecule has 0 unspecified atom stereocenters. The van der Waals surface area contributed by atoms with Crippen LogP contribution in [0.5, 0.6) is 0 Å². The van der Waals surface area contributed by atoms with E-state index in [1.54, 1.807) is 23.4 Å². The van der Waals surface area contributed by atoms with Gasteiger partial charge in [-0.05, 0) is 51.8 Å². The third-order valence-electron chi connectivity index (χ3n) is 7.69. The highest BCUT2D eigenvalue weighted by atomic mass is 16.6. The van der Waals surface area contributed by atoms with Crippen molar-refractivity contribution in [3.63, 3.8) is 0 Å². The highest BCUT2D eigenvalue weighted by Gasteiger charge is 2.28. The minimum atomic E-state index is -0.502. The molecule has 0 saturated carbocycles. The summed E-state index contributed by atoms with van der Waals surface area (Å²) in [5.41, 5.74) is 2.64. The Kier molecular flexibility index (Phi) is 8.38. The van der Waals surface area contributed by atoms with Gasteiger partial charge in [0.05, 0.1) is 37.2 Å². The van der Waals surface area contributed by atoms with E-state index in [0.717, 1.165) is 29.5 Å². The maximum Gasteiger partial charge on any atom is 0.410 e. The number of aromatic nitrogens is 7. The molecule has 0 N–H and O–H groups in total. The Bertz CT molecular complexity index is 1620. The van der Waals surface area contributed by atoms with Gasteiger partial charge in [-0.3, -0.25) is 14.5 Å². The average molecular weight is 600 g/mol. The van der Waals surface area contributed by atoms with Crippen LogP contribution < -0.4 is 10.5 Å². The fourth-order valence-electron chi connectivity index (χ4n) is 5.41. The minimum Gasteiger partial charge on any atom is -0.444 e. The van der Waals surface area contributed by atoms with E-state index in [1.807, 2.05) is 62.4 Å². The van der Waals surface area contributed by atoms with E-state index in [2.05, 4.69) is 30.0 Å². The maximum absolute atomic E-state index is 12.6. The third kappa shape index (κ3) is 6.94. The van der Waals surface area contributed by atoms with Crippen molar-refractivity contribution in [3.8, 4) is 22.4 Å². The minimum absolute atomic E-state index is 0.187. The summed E-state index contributed by atoms with van der Waals surface area (Å²) in [6.07, 6.45) is 12.0. The van der Waals surface area contributed by atoms with Gasteiger partial charge in [-0.1, -0.05) is 0 Å². The van der Waals surface area contributed by atoms with Crippen LogP contribution >= 0.6 is 0 Å².